The molecule has 0 aliphatic carbocycles. The molecule has 0 aliphatic heterocycles. The Morgan fingerprint density at radius 2 is 1.94 bits per heavy atom. The third kappa shape index (κ3) is 8.68. The summed E-state index contributed by atoms with van der Waals surface area (Å²) in [5.74, 6) is 0.176. The van der Waals surface area contributed by atoms with Crippen molar-refractivity contribution in [1.29, 1.82) is 0 Å². The Labute approximate surface area is 98.6 Å². The fourth-order valence-electron chi connectivity index (χ4n) is 1.50. The van der Waals surface area contributed by atoms with Crippen LogP contribution in [0.5, 0.6) is 0 Å². The van der Waals surface area contributed by atoms with Gasteiger partial charge in [0.1, 0.15) is 0 Å². The van der Waals surface area contributed by atoms with Crippen LogP contribution in [-0.4, -0.2) is 30.2 Å². The summed E-state index contributed by atoms with van der Waals surface area (Å²) in [4.78, 5) is 11.6. The van der Waals surface area contributed by atoms with Crippen molar-refractivity contribution < 1.29 is 9.90 Å². The number of rotatable bonds is 9. The fourth-order valence-corrected chi connectivity index (χ4v) is 1.50. The zero-order chi connectivity index (χ0) is 12.4. The monoisotopic (exact) mass is 230 g/mol. The third-order valence-electron chi connectivity index (χ3n) is 2.63. The molecule has 4 N–H and O–H groups in total. The van der Waals surface area contributed by atoms with E-state index in [1.54, 1.807) is 0 Å². The molecule has 1 amide bonds. The number of hydrogen-bond donors (Lipinski definition) is 3. The van der Waals surface area contributed by atoms with Crippen LogP contribution in [0.1, 0.15) is 46.0 Å². The fraction of sp³-hybridized carbons (Fsp3) is 0.917. The Morgan fingerprint density at radius 1 is 1.25 bits per heavy atom. The van der Waals surface area contributed by atoms with Gasteiger partial charge in [-0.05, 0) is 32.6 Å². The molecular weight excluding hydrogens is 204 g/mol. The van der Waals surface area contributed by atoms with Gasteiger partial charge in [-0.2, -0.15) is 0 Å². The lowest BCUT2D eigenvalue weighted by Crippen LogP contribution is -2.30. The molecule has 0 aromatic carbocycles. The first kappa shape index (κ1) is 15.4. The lowest BCUT2D eigenvalue weighted by molar-refractivity contribution is -0.124. The van der Waals surface area contributed by atoms with Gasteiger partial charge in [0, 0.05) is 25.1 Å². The zero-order valence-electron chi connectivity index (χ0n) is 10.5. The van der Waals surface area contributed by atoms with E-state index in [1.165, 1.54) is 0 Å². The van der Waals surface area contributed by atoms with E-state index in [9.17, 15) is 4.79 Å². The molecule has 0 rings (SSSR count). The summed E-state index contributed by atoms with van der Waals surface area (Å²) < 4.78 is 0. The van der Waals surface area contributed by atoms with Crippen LogP contribution < -0.4 is 11.1 Å². The van der Waals surface area contributed by atoms with Crippen LogP contribution in [0.3, 0.4) is 0 Å². The molecule has 0 aliphatic rings. The van der Waals surface area contributed by atoms with Crippen molar-refractivity contribution >= 4 is 5.91 Å². The normalized spacial score (nSPS) is 14.5. The van der Waals surface area contributed by atoms with E-state index in [1.807, 2.05) is 13.8 Å². The summed E-state index contributed by atoms with van der Waals surface area (Å²) in [6.07, 6.45) is 4.46. The summed E-state index contributed by atoms with van der Waals surface area (Å²) >= 11 is 0. The molecule has 2 unspecified atom stereocenters. The molecule has 2 atom stereocenters. The van der Waals surface area contributed by atoms with E-state index < -0.39 is 0 Å². The van der Waals surface area contributed by atoms with Gasteiger partial charge >= 0.3 is 0 Å². The lowest BCUT2D eigenvalue weighted by Gasteiger charge is -2.12. The van der Waals surface area contributed by atoms with E-state index in [4.69, 9.17) is 10.8 Å². The van der Waals surface area contributed by atoms with Crippen molar-refractivity contribution in [3.05, 3.63) is 0 Å². The van der Waals surface area contributed by atoms with Crippen molar-refractivity contribution in [3.8, 4) is 0 Å². The number of hydrogen-bond acceptors (Lipinski definition) is 3. The second-order valence-corrected chi connectivity index (χ2v) is 4.53. The minimum absolute atomic E-state index is 0.0628. The van der Waals surface area contributed by atoms with Crippen LogP contribution >= 0.6 is 0 Å². The van der Waals surface area contributed by atoms with Crippen molar-refractivity contribution in [2.24, 2.45) is 11.7 Å². The summed E-state index contributed by atoms with van der Waals surface area (Å²) in [6, 6.07) is 0.222. The molecule has 0 aromatic heterocycles. The maximum Gasteiger partial charge on any atom is 0.222 e. The van der Waals surface area contributed by atoms with Crippen LogP contribution in [0.2, 0.25) is 0 Å². The maximum atomic E-state index is 11.6. The number of nitrogens with two attached hydrogens (primary N) is 1. The molecule has 4 heteroatoms. The summed E-state index contributed by atoms with van der Waals surface area (Å²) in [5, 5.41) is 11.5. The average Bonchev–Trinajstić information content (AvgIpc) is 2.23. The van der Waals surface area contributed by atoms with Crippen LogP contribution in [0, 0.1) is 5.92 Å². The topological polar surface area (TPSA) is 75.4 Å². The molecule has 0 aromatic rings. The Morgan fingerprint density at radius 3 is 2.50 bits per heavy atom. The number of aliphatic hydroxyl groups is 1. The van der Waals surface area contributed by atoms with Crippen LogP contribution in [-0.2, 0) is 4.79 Å². The first-order valence-electron chi connectivity index (χ1n) is 6.22. The van der Waals surface area contributed by atoms with Gasteiger partial charge in [-0.3, -0.25) is 4.79 Å². The number of carbonyl (C=O) groups is 1. The number of carbonyl (C=O) groups excluding carboxylic acids is 1. The van der Waals surface area contributed by atoms with Crippen LogP contribution in [0.25, 0.3) is 0 Å². The van der Waals surface area contributed by atoms with Gasteiger partial charge < -0.3 is 16.2 Å². The minimum atomic E-state index is 0.0628. The highest BCUT2D eigenvalue weighted by molar-refractivity contribution is 5.78. The highest BCUT2D eigenvalue weighted by Crippen LogP contribution is 2.08. The molecule has 0 heterocycles. The molecule has 16 heavy (non-hydrogen) atoms. The number of aliphatic hydroxyl groups excluding tert-OH is 1. The highest BCUT2D eigenvalue weighted by Gasteiger charge is 2.11. The molecule has 0 fully saturated rings. The maximum absolute atomic E-state index is 11.6. The van der Waals surface area contributed by atoms with Crippen molar-refractivity contribution in [2.75, 3.05) is 13.2 Å². The van der Waals surface area contributed by atoms with Crippen LogP contribution in [0.15, 0.2) is 0 Å². The predicted octanol–water partition coefficient (Wildman–Crippen LogP) is 1.03. The minimum Gasteiger partial charge on any atom is -0.396 e. The number of amides is 1. The predicted molar refractivity (Wildman–Crippen MR) is 66.0 cm³/mol. The van der Waals surface area contributed by atoms with Gasteiger partial charge in [-0.15, -0.1) is 0 Å². The average molecular weight is 230 g/mol. The molecular formula is C12H26N2O2. The SMILES string of the molecule is CC(N)CCCC(C)C(=O)NCCCCO. The van der Waals surface area contributed by atoms with E-state index in [0.29, 0.717) is 6.54 Å². The third-order valence-corrected chi connectivity index (χ3v) is 2.63. The first-order valence-corrected chi connectivity index (χ1v) is 6.22. The van der Waals surface area contributed by atoms with Gasteiger partial charge in [0.2, 0.25) is 5.91 Å². The second-order valence-electron chi connectivity index (χ2n) is 4.53. The molecule has 0 spiro atoms. The number of nitrogens with one attached hydrogen (secondary N) is 1. The number of unbranched alkanes of at least 4 members (excludes halogenated alkanes) is 1. The molecule has 0 saturated carbocycles. The standard InChI is InChI=1S/C12H26N2O2/c1-10(6-5-7-11(2)13)12(16)14-8-3-4-9-15/h10-11,15H,3-9,13H2,1-2H3,(H,14,16). The summed E-state index contributed by atoms with van der Waals surface area (Å²) in [7, 11) is 0. The van der Waals surface area contributed by atoms with E-state index >= 15 is 0 Å². The molecule has 0 saturated heterocycles. The van der Waals surface area contributed by atoms with Crippen molar-refractivity contribution in [1.82, 2.24) is 5.32 Å². The van der Waals surface area contributed by atoms with Gasteiger partial charge in [0.15, 0.2) is 0 Å². The molecule has 4 nitrogen and oxygen atoms in total. The van der Waals surface area contributed by atoms with E-state index in [0.717, 1.165) is 32.1 Å². The molecule has 0 bridgehead atoms. The first-order chi connectivity index (χ1) is 7.57. The Balaban J connectivity index is 3.49. The van der Waals surface area contributed by atoms with Crippen molar-refractivity contribution in [3.63, 3.8) is 0 Å². The zero-order valence-corrected chi connectivity index (χ0v) is 10.5. The smallest absolute Gasteiger partial charge is 0.222 e. The highest BCUT2D eigenvalue weighted by atomic mass is 16.2. The quantitative estimate of drug-likeness (QED) is 0.518. The molecule has 96 valence electrons. The van der Waals surface area contributed by atoms with Gasteiger partial charge in [0.25, 0.3) is 0 Å². The Kier molecular flexibility index (Phi) is 9.24. The van der Waals surface area contributed by atoms with E-state index in [-0.39, 0.29) is 24.5 Å². The lowest BCUT2D eigenvalue weighted by atomic mass is 10.0. The largest absolute Gasteiger partial charge is 0.396 e. The Hall–Kier alpha value is -0.610. The van der Waals surface area contributed by atoms with Gasteiger partial charge in [0.05, 0.1) is 0 Å². The Bertz CT molecular complexity index is 184. The van der Waals surface area contributed by atoms with Crippen molar-refractivity contribution in [2.45, 2.75) is 52.0 Å². The molecule has 0 radical (unpaired) electrons. The van der Waals surface area contributed by atoms with Gasteiger partial charge in [-0.1, -0.05) is 13.3 Å². The summed E-state index contributed by atoms with van der Waals surface area (Å²) in [5.41, 5.74) is 5.64. The summed E-state index contributed by atoms with van der Waals surface area (Å²) in [6.45, 7) is 4.79. The van der Waals surface area contributed by atoms with Gasteiger partial charge in [-0.25, -0.2) is 0 Å². The van der Waals surface area contributed by atoms with E-state index in [2.05, 4.69) is 5.32 Å². The second kappa shape index (κ2) is 9.60. The van der Waals surface area contributed by atoms with Crippen LogP contribution in [0.4, 0.5) is 0 Å².